The van der Waals surface area contributed by atoms with E-state index in [2.05, 4.69) is 15.3 Å². The molecule has 0 aliphatic rings. The summed E-state index contributed by atoms with van der Waals surface area (Å²) < 4.78 is 12.4. The minimum atomic E-state index is -0.247. The lowest BCUT2D eigenvalue weighted by molar-refractivity contribution is 0.0951. The molecule has 0 unspecified atom stereocenters. The van der Waals surface area contributed by atoms with Gasteiger partial charge < -0.3 is 19.8 Å². The van der Waals surface area contributed by atoms with Crippen molar-refractivity contribution in [2.24, 2.45) is 0 Å². The topological polar surface area (TPSA) is 98.2 Å². The van der Waals surface area contributed by atoms with Gasteiger partial charge in [-0.05, 0) is 66.2 Å². The van der Waals surface area contributed by atoms with Crippen molar-refractivity contribution in [3.63, 3.8) is 0 Å². The van der Waals surface area contributed by atoms with Crippen LogP contribution < -0.4 is 20.3 Å². The molecule has 2 aromatic heterocycles. The Bertz CT molecular complexity index is 1450. The van der Waals surface area contributed by atoms with E-state index in [4.69, 9.17) is 21.7 Å². The first-order valence-corrected chi connectivity index (χ1v) is 11.1. The molecule has 2 heterocycles. The maximum atomic E-state index is 13.1. The van der Waals surface area contributed by atoms with E-state index in [-0.39, 0.29) is 11.5 Å². The second-order valence-corrected chi connectivity index (χ2v) is 8.02. The highest BCUT2D eigenvalue weighted by Gasteiger charge is 2.11. The molecule has 34 heavy (non-hydrogen) atoms. The normalized spacial score (nSPS) is 10.8. The molecule has 2 aromatic carbocycles. The number of aromatic amines is 1. The van der Waals surface area contributed by atoms with Crippen molar-refractivity contribution < 1.29 is 14.3 Å². The van der Waals surface area contributed by atoms with E-state index >= 15 is 0 Å². The molecule has 0 aliphatic carbocycles. The number of hydrogen-bond donors (Lipinski definition) is 2. The first-order valence-electron chi connectivity index (χ1n) is 10.6. The van der Waals surface area contributed by atoms with E-state index in [1.807, 2.05) is 30.3 Å². The molecule has 9 heteroatoms. The van der Waals surface area contributed by atoms with Gasteiger partial charge in [0.1, 0.15) is 0 Å². The minimum absolute atomic E-state index is 0.207. The molecule has 1 amide bonds. The number of aromatic nitrogens is 3. The van der Waals surface area contributed by atoms with Crippen LogP contribution in [-0.4, -0.2) is 34.7 Å². The fraction of sp³-hybridized carbons (Fsp3) is 0.200. The van der Waals surface area contributed by atoms with E-state index in [1.165, 1.54) is 4.57 Å². The summed E-state index contributed by atoms with van der Waals surface area (Å²) in [6.07, 6.45) is 3.96. The maximum Gasteiger partial charge on any atom is 0.262 e. The van der Waals surface area contributed by atoms with Gasteiger partial charge in [-0.25, -0.2) is 0 Å². The molecular weight excluding hydrogens is 452 g/mol. The Hall–Kier alpha value is -3.98. The maximum absolute atomic E-state index is 13.1. The molecule has 2 N–H and O–H groups in total. The molecule has 0 spiro atoms. The average molecular weight is 477 g/mol. The SMILES string of the molecule is COc1ccc(CCn2c(=S)[nH]c3cc(C(=O)NCc4cccnc4)ccc3c2=O)cc1OC. The van der Waals surface area contributed by atoms with Crippen molar-refractivity contribution in [1.29, 1.82) is 0 Å². The smallest absolute Gasteiger partial charge is 0.262 e. The molecule has 0 saturated carbocycles. The van der Waals surface area contributed by atoms with Gasteiger partial charge in [0.25, 0.3) is 11.5 Å². The number of ether oxygens (including phenoxy) is 2. The molecule has 0 atom stereocenters. The lowest BCUT2D eigenvalue weighted by atomic mass is 10.1. The molecule has 4 rings (SSSR count). The molecule has 4 aromatic rings. The number of hydrogen-bond acceptors (Lipinski definition) is 6. The number of aryl methyl sites for hydroxylation is 1. The van der Waals surface area contributed by atoms with Gasteiger partial charge in [0.2, 0.25) is 0 Å². The summed E-state index contributed by atoms with van der Waals surface area (Å²) in [5.41, 5.74) is 2.63. The third-order valence-corrected chi connectivity index (χ3v) is 5.81. The summed E-state index contributed by atoms with van der Waals surface area (Å²) in [6, 6.07) is 14.3. The molecule has 8 nitrogen and oxygen atoms in total. The lowest BCUT2D eigenvalue weighted by Crippen LogP contribution is -2.25. The Morgan fingerprint density at radius 1 is 1.09 bits per heavy atom. The quantitative estimate of drug-likeness (QED) is 0.377. The second kappa shape index (κ2) is 10.3. The fourth-order valence-electron chi connectivity index (χ4n) is 3.66. The number of nitrogens with zero attached hydrogens (tertiary/aromatic N) is 2. The summed E-state index contributed by atoms with van der Waals surface area (Å²) in [5.74, 6) is 1.03. The standard InChI is InChI=1S/C25H24N4O4S/c1-32-21-8-5-16(12-22(21)33-2)9-11-29-24(31)19-7-6-18(13-20(19)28-25(29)34)23(30)27-15-17-4-3-10-26-14-17/h3-8,10,12-14H,9,11,15H2,1-2H3,(H,27,30)(H,28,34). The zero-order valence-corrected chi connectivity index (χ0v) is 19.6. The Kier molecular flexibility index (Phi) is 7.03. The highest BCUT2D eigenvalue weighted by atomic mass is 32.1. The number of methoxy groups -OCH3 is 2. The third kappa shape index (κ3) is 4.99. The number of H-pyrrole nitrogens is 1. The van der Waals surface area contributed by atoms with Gasteiger partial charge in [0, 0.05) is 31.0 Å². The zero-order chi connectivity index (χ0) is 24.1. The predicted molar refractivity (Wildman–Crippen MR) is 132 cm³/mol. The molecule has 0 bridgehead atoms. The van der Waals surface area contributed by atoms with Crippen molar-refractivity contribution in [2.75, 3.05) is 14.2 Å². The fourth-order valence-corrected chi connectivity index (χ4v) is 3.95. The highest BCUT2D eigenvalue weighted by molar-refractivity contribution is 7.71. The summed E-state index contributed by atoms with van der Waals surface area (Å²) in [6.45, 7) is 0.755. The number of rotatable bonds is 8. The summed E-state index contributed by atoms with van der Waals surface area (Å²) >= 11 is 5.45. The molecule has 174 valence electrons. The van der Waals surface area contributed by atoms with E-state index in [0.29, 0.717) is 52.2 Å². The van der Waals surface area contributed by atoms with E-state index < -0.39 is 0 Å². The van der Waals surface area contributed by atoms with E-state index in [0.717, 1.165) is 11.1 Å². The Labute approximate surface area is 201 Å². The van der Waals surface area contributed by atoms with Crippen molar-refractivity contribution in [2.45, 2.75) is 19.5 Å². The van der Waals surface area contributed by atoms with Crippen molar-refractivity contribution >= 4 is 29.0 Å². The van der Waals surface area contributed by atoms with Crippen LogP contribution in [0.1, 0.15) is 21.5 Å². The second-order valence-electron chi connectivity index (χ2n) is 7.63. The van der Waals surface area contributed by atoms with Crippen LogP contribution in [0.2, 0.25) is 0 Å². The number of nitrogens with one attached hydrogen (secondary N) is 2. The lowest BCUT2D eigenvalue weighted by Gasteiger charge is -2.12. The monoisotopic (exact) mass is 476 g/mol. The van der Waals surface area contributed by atoms with Crippen LogP contribution in [0.3, 0.4) is 0 Å². The van der Waals surface area contributed by atoms with Crippen molar-refractivity contribution in [3.05, 3.63) is 92.7 Å². The molecule has 0 aliphatic heterocycles. The molecule has 0 fully saturated rings. The molecule has 0 radical (unpaired) electrons. The number of carbonyl (C=O) groups is 1. The van der Waals surface area contributed by atoms with Crippen molar-refractivity contribution in [3.8, 4) is 11.5 Å². The van der Waals surface area contributed by atoms with Gasteiger partial charge in [-0.15, -0.1) is 0 Å². The average Bonchev–Trinajstić information content (AvgIpc) is 2.87. The number of fused-ring (bicyclic) bond motifs is 1. The number of benzene rings is 2. The van der Waals surface area contributed by atoms with Crippen LogP contribution in [0.25, 0.3) is 10.9 Å². The zero-order valence-electron chi connectivity index (χ0n) is 18.8. The van der Waals surface area contributed by atoms with Crippen LogP contribution in [0.4, 0.5) is 0 Å². The third-order valence-electron chi connectivity index (χ3n) is 5.49. The van der Waals surface area contributed by atoms with Crippen LogP contribution in [0.5, 0.6) is 11.5 Å². The van der Waals surface area contributed by atoms with Crippen LogP contribution in [0, 0.1) is 4.77 Å². The molecule has 0 saturated heterocycles. The van der Waals surface area contributed by atoms with Gasteiger partial charge in [-0.2, -0.15) is 0 Å². The largest absolute Gasteiger partial charge is 0.493 e. The van der Waals surface area contributed by atoms with Gasteiger partial charge in [-0.1, -0.05) is 12.1 Å². The Morgan fingerprint density at radius 2 is 1.91 bits per heavy atom. The molecular formula is C25H24N4O4S. The van der Waals surface area contributed by atoms with Crippen LogP contribution in [-0.2, 0) is 19.5 Å². The summed E-state index contributed by atoms with van der Waals surface area (Å²) in [7, 11) is 3.17. The predicted octanol–water partition coefficient (Wildman–Crippen LogP) is 3.64. The Balaban J connectivity index is 1.53. The number of pyridine rings is 1. The van der Waals surface area contributed by atoms with Crippen LogP contribution in [0.15, 0.2) is 65.7 Å². The Morgan fingerprint density at radius 3 is 2.65 bits per heavy atom. The van der Waals surface area contributed by atoms with Gasteiger partial charge >= 0.3 is 0 Å². The number of carbonyl (C=O) groups excluding carboxylic acids is 1. The van der Waals surface area contributed by atoms with E-state index in [1.54, 1.807) is 44.8 Å². The van der Waals surface area contributed by atoms with Gasteiger partial charge in [-0.3, -0.25) is 19.1 Å². The highest BCUT2D eigenvalue weighted by Crippen LogP contribution is 2.27. The minimum Gasteiger partial charge on any atom is -0.493 e. The first-order chi connectivity index (χ1) is 16.5. The van der Waals surface area contributed by atoms with Gasteiger partial charge in [0.15, 0.2) is 16.3 Å². The number of amides is 1. The van der Waals surface area contributed by atoms with E-state index in [9.17, 15) is 9.59 Å². The van der Waals surface area contributed by atoms with Gasteiger partial charge in [0.05, 0.1) is 25.1 Å². The van der Waals surface area contributed by atoms with Crippen LogP contribution >= 0.6 is 12.2 Å². The summed E-state index contributed by atoms with van der Waals surface area (Å²) in [4.78, 5) is 32.8. The first kappa shape index (κ1) is 23.2. The van der Waals surface area contributed by atoms with Crippen molar-refractivity contribution in [1.82, 2.24) is 19.9 Å². The summed E-state index contributed by atoms with van der Waals surface area (Å²) in [5, 5.41) is 3.32.